The molecular weight excluding hydrogens is 887 g/mol. The first-order valence-electron chi connectivity index (χ1n) is 23.9. The maximum absolute atomic E-state index is 16.6. The highest BCUT2D eigenvalue weighted by Crippen LogP contribution is 2.66. The summed E-state index contributed by atoms with van der Waals surface area (Å²) in [5, 5.41) is 12.7. The van der Waals surface area contributed by atoms with Crippen molar-refractivity contribution in [2.24, 2.45) is 5.92 Å². The Labute approximate surface area is 405 Å². The number of imide groups is 1. The fraction of sp³-hybridized carbons (Fsp3) is 0.286. The SMILES string of the molecule is C[C@@H](NC(=O)N1C(=O)[C@@]2(c3ccccc31)[C@H](c1ccc(OCCO)cc1)N1[C@H](c3ccccc3)[C@H](c3ccccc3)OC(=O)[C@H]1[C@@H]2C(=O)N1CCN(Cc2ccc3c(c2)OCO3)CC1)c1ccccc1. The third kappa shape index (κ3) is 7.72. The Morgan fingerprint density at radius 3 is 2.11 bits per heavy atom. The average molecular weight is 940 g/mol. The maximum Gasteiger partial charge on any atom is 0.329 e. The number of morpholine rings is 1. The molecule has 1 spiro atoms. The molecule has 11 rings (SSSR count). The quantitative estimate of drug-likeness (QED) is 0.126. The number of ether oxygens (including phenoxy) is 4. The number of cyclic esters (lactones) is 1. The van der Waals surface area contributed by atoms with Gasteiger partial charge in [-0.3, -0.25) is 24.2 Å². The molecule has 6 aromatic carbocycles. The smallest absolute Gasteiger partial charge is 0.329 e. The number of carbonyl (C=O) groups excluding carboxylic acids is 4. The van der Waals surface area contributed by atoms with Crippen LogP contribution in [-0.2, 0) is 31.1 Å². The first-order valence-corrected chi connectivity index (χ1v) is 23.9. The molecule has 0 unspecified atom stereocenters. The minimum absolute atomic E-state index is 0.0689. The van der Waals surface area contributed by atoms with Gasteiger partial charge in [0, 0.05) is 32.7 Å². The number of amides is 4. The summed E-state index contributed by atoms with van der Waals surface area (Å²) in [4.78, 5) is 70.5. The summed E-state index contributed by atoms with van der Waals surface area (Å²) in [6.07, 6.45) is -0.856. The van der Waals surface area contributed by atoms with E-state index in [1.165, 1.54) is 4.90 Å². The number of hydrogen-bond acceptors (Lipinski definition) is 11. The molecule has 4 amide bonds. The van der Waals surface area contributed by atoms with Gasteiger partial charge in [-0.1, -0.05) is 127 Å². The summed E-state index contributed by atoms with van der Waals surface area (Å²) in [5.41, 5.74) is 2.99. The molecule has 356 valence electrons. The van der Waals surface area contributed by atoms with Gasteiger partial charge in [0.25, 0.3) is 0 Å². The van der Waals surface area contributed by atoms with Gasteiger partial charge in [0.15, 0.2) is 11.5 Å². The zero-order chi connectivity index (χ0) is 47.9. The van der Waals surface area contributed by atoms with Gasteiger partial charge in [-0.05, 0) is 70.6 Å². The van der Waals surface area contributed by atoms with Gasteiger partial charge >= 0.3 is 12.0 Å². The van der Waals surface area contributed by atoms with Crippen LogP contribution in [0.3, 0.4) is 0 Å². The monoisotopic (exact) mass is 939 g/mol. The molecule has 0 radical (unpaired) electrons. The van der Waals surface area contributed by atoms with E-state index in [1.807, 2.05) is 145 Å². The van der Waals surface area contributed by atoms with Gasteiger partial charge in [-0.15, -0.1) is 0 Å². The lowest BCUT2D eigenvalue weighted by atomic mass is 9.65. The van der Waals surface area contributed by atoms with Gasteiger partial charge < -0.3 is 34.3 Å². The Kier molecular flexibility index (Phi) is 12.0. The van der Waals surface area contributed by atoms with E-state index in [1.54, 1.807) is 29.2 Å². The van der Waals surface area contributed by atoms with E-state index in [0.717, 1.165) is 22.3 Å². The number of benzene rings is 6. The molecular formula is C56H53N5O9. The van der Waals surface area contributed by atoms with Crippen molar-refractivity contribution in [3.05, 3.63) is 191 Å². The standard InChI is InChI=1S/C56H53N5O9/c1-36(38-13-5-2-6-14-38)57-55(66)60-44-20-12-11-19-43(44)56(54(60)65)47(52(63)59-29-27-58(28-30-59)34-37-21-26-45-46(33-37)69-35-68-45)49-53(64)70-50(40-17-9-4-10-18-40)48(39-15-7-3-8-16-39)61(49)51(56)41-22-24-42(25-23-41)67-32-31-62/h2-26,33,36,47-51,62H,27-32,34-35H2,1H3,(H,57,66)/t36-,47-,48-,49-,50+,51+,56-/m1/s1. The Bertz CT molecular complexity index is 2900. The zero-order valence-electron chi connectivity index (χ0n) is 38.6. The van der Waals surface area contributed by atoms with Crippen molar-refractivity contribution in [2.75, 3.05) is 51.1 Å². The van der Waals surface area contributed by atoms with Crippen LogP contribution in [0, 0.1) is 5.92 Å². The minimum atomic E-state index is -1.86. The molecule has 70 heavy (non-hydrogen) atoms. The first-order chi connectivity index (χ1) is 34.3. The van der Waals surface area contributed by atoms with Crippen molar-refractivity contribution in [1.29, 1.82) is 0 Å². The fourth-order valence-electron chi connectivity index (χ4n) is 11.4. The highest BCUT2D eigenvalue weighted by Gasteiger charge is 2.76. The number of nitrogens with zero attached hydrogens (tertiary/aromatic N) is 4. The predicted octanol–water partition coefficient (Wildman–Crippen LogP) is 7.27. The normalized spacial score (nSPS) is 24.2. The molecule has 5 heterocycles. The number of esters is 1. The van der Waals surface area contributed by atoms with Crippen LogP contribution >= 0.6 is 0 Å². The van der Waals surface area contributed by atoms with Crippen molar-refractivity contribution >= 4 is 29.5 Å². The molecule has 7 atom stereocenters. The number of rotatable bonds is 11. The van der Waals surface area contributed by atoms with Crippen LogP contribution in [0.4, 0.5) is 10.5 Å². The van der Waals surface area contributed by atoms with Crippen molar-refractivity contribution < 1.29 is 43.2 Å². The number of fused-ring (bicyclic) bond motifs is 4. The van der Waals surface area contributed by atoms with Crippen LogP contribution in [-0.4, -0.2) is 95.8 Å². The molecule has 5 aliphatic heterocycles. The summed E-state index contributed by atoms with van der Waals surface area (Å²) >= 11 is 0. The number of aliphatic hydroxyl groups excluding tert-OH is 1. The number of nitrogens with one attached hydrogen (secondary N) is 1. The lowest BCUT2D eigenvalue weighted by Gasteiger charge is -2.46. The molecule has 14 heteroatoms. The minimum Gasteiger partial charge on any atom is -0.491 e. The molecule has 0 aliphatic carbocycles. The Morgan fingerprint density at radius 2 is 1.40 bits per heavy atom. The van der Waals surface area contributed by atoms with E-state index in [4.69, 9.17) is 18.9 Å². The topological polar surface area (TPSA) is 150 Å². The number of para-hydroxylation sites is 1. The molecule has 3 fully saturated rings. The second-order valence-electron chi connectivity index (χ2n) is 18.4. The van der Waals surface area contributed by atoms with Crippen molar-refractivity contribution in [3.8, 4) is 17.2 Å². The number of carbonyl (C=O) groups is 4. The zero-order valence-corrected chi connectivity index (χ0v) is 38.6. The second kappa shape index (κ2) is 18.8. The third-order valence-corrected chi connectivity index (χ3v) is 14.6. The molecule has 0 saturated carbocycles. The Balaban J connectivity index is 1.07. The van der Waals surface area contributed by atoms with E-state index >= 15 is 14.4 Å². The predicted molar refractivity (Wildman–Crippen MR) is 259 cm³/mol. The van der Waals surface area contributed by atoms with Crippen LogP contribution in [0.5, 0.6) is 17.2 Å². The van der Waals surface area contributed by atoms with E-state index < -0.39 is 59.5 Å². The van der Waals surface area contributed by atoms with Crippen molar-refractivity contribution in [1.82, 2.24) is 20.0 Å². The van der Waals surface area contributed by atoms with E-state index in [9.17, 15) is 9.90 Å². The van der Waals surface area contributed by atoms with Crippen molar-refractivity contribution in [3.63, 3.8) is 0 Å². The van der Waals surface area contributed by atoms with Crippen molar-refractivity contribution in [2.45, 2.75) is 49.2 Å². The lowest BCUT2D eigenvalue weighted by Crippen LogP contribution is -2.59. The van der Waals surface area contributed by atoms with Gasteiger partial charge in [-0.2, -0.15) is 0 Å². The third-order valence-electron chi connectivity index (χ3n) is 14.6. The first kappa shape index (κ1) is 45.0. The van der Waals surface area contributed by atoms with Gasteiger partial charge in [-0.25, -0.2) is 9.69 Å². The second-order valence-corrected chi connectivity index (χ2v) is 18.4. The van der Waals surface area contributed by atoms with Crippen LogP contribution in [0.2, 0.25) is 0 Å². The molecule has 3 saturated heterocycles. The van der Waals surface area contributed by atoms with Crippen LogP contribution in [0.1, 0.15) is 64.5 Å². The summed E-state index contributed by atoms with van der Waals surface area (Å²) in [5.74, 6) is -1.12. The van der Waals surface area contributed by atoms with E-state index in [0.29, 0.717) is 66.8 Å². The van der Waals surface area contributed by atoms with Crippen LogP contribution in [0.25, 0.3) is 0 Å². The van der Waals surface area contributed by atoms with Gasteiger partial charge in [0.05, 0.1) is 36.3 Å². The molecule has 2 N–H and O–H groups in total. The fourth-order valence-corrected chi connectivity index (χ4v) is 11.4. The Morgan fingerprint density at radius 1 is 0.743 bits per heavy atom. The summed E-state index contributed by atoms with van der Waals surface area (Å²) in [6, 6.07) is 44.9. The largest absolute Gasteiger partial charge is 0.491 e. The van der Waals surface area contributed by atoms with Crippen LogP contribution in [0.15, 0.2) is 158 Å². The molecule has 0 bridgehead atoms. The van der Waals surface area contributed by atoms with Gasteiger partial charge in [0.2, 0.25) is 18.6 Å². The van der Waals surface area contributed by atoms with Gasteiger partial charge in [0.1, 0.15) is 29.9 Å². The molecule has 14 nitrogen and oxygen atoms in total. The summed E-state index contributed by atoms with van der Waals surface area (Å²) in [7, 11) is 0. The number of hydrogen-bond donors (Lipinski definition) is 2. The number of aliphatic hydroxyl groups is 1. The highest BCUT2D eigenvalue weighted by molar-refractivity contribution is 6.24. The molecule has 6 aromatic rings. The number of piperazine rings is 1. The molecule has 5 aliphatic rings. The summed E-state index contributed by atoms with van der Waals surface area (Å²) in [6.45, 7) is 4.23. The molecule has 0 aromatic heterocycles. The van der Waals surface area contributed by atoms with E-state index in [2.05, 4.69) is 10.2 Å². The van der Waals surface area contributed by atoms with E-state index in [-0.39, 0.29) is 25.9 Å². The number of urea groups is 1. The lowest BCUT2D eigenvalue weighted by molar-refractivity contribution is -0.179. The number of anilines is 1. The summed E-state index contributed by atoms with van der Waals surface area (Å²) < 4.78 is 23.7. The maximum atomic E-state index is 16.6. The highest BCUT2D eigenvalue weighted by atomic mass is 16.7. The van der Waals surface area contributed by atoms with Crippen LogP contribution < -0.4 is 24.4 Å². The average Bonchev–Trinajstić information content (AvgIpc) is 4.08. The Hall–Kier alpha value is -7.52.